The molecular formula is C13H18ClNO. The van der Waals surface area contributed by atoms with Crippen molar-refractivity contribution < 1.29 is 4.74 Å². The van der Waals surface area contributed by atoms with E-state index in [-0.39, 0.29) is 0 Å². The van der Waals surface area contributed by atoms with Crippen molar-refractivity contribution in [1.29, 1.82) is 0 Å². The summed E-state index contributed by atoms with van der Waals surface area (Å²) in [4.78, 5) is 0. The number of nitrogens with one attached hydrogen (secondary N) is 1. The highest BCUT2D eigenvalue weighted by Crippen LogP contribution is 2.22. The standard InChI is InChI=1S/C13H18ClNO/c1-10-7-12(4-5-13(10)14)16-9-11-3-2-6-15-8-11/h4-5,7,11,15H,2-3,6,8-9H2,1H3. The number of halogens is 1. The zero-order valence-electron chi connectivity index (χ0n) is 9.63. The molecule has 0 saturated carbocycles. The first kappa shape index (κ1) is 11.7. The quantitative estimate of drug-likeness (QED) is 0.876. The average Bonchev–Trinajstić information content (AvgIpc) is 2.32. The summed E-state index contributed by atoms with van der Waals surface area (Å²) in [5, 5.41) is 4.19. The molecular weight excluding hydrogens is 222 g/mol. The Bertz CT molecular complexity index is 348. The molecule has 1 aromatic rings. The van der Waals surface area contributed by atoms with Gasteiger partial charge in [-0.05, 0) is 50.1 Å². The first-order valence-electron chi connectivity index (χ1n) is 5.85. The summed E-state index contributed by atoms with van der Waals surface area (Å²) in [6.07, 6.45) is 2.52. The average molecular weight is 240 g/mol. The van der Waals surface area contributed by atoms with Crippen LogP contribution in [0.3, 0.4) is 0 Å². The van der Waals surface area contributed by atoms with Gasteiger partial charge < -0.3 is 10.1 Å². The van der Waals surface area contributed by atoms with Gasteiger partial charge in [0, 0.05) is 17.5 Å². The van der Waals surface area contributed by atoms with Crippen molar-refractivity contribution >= 4 is 11.6 Å². The summed E-state index contributed by atoms with van der Waals surface area (Å²) >= 11 is 5.96. The highest BCUT2D eigenvalue weighted by molar-refractivity contribution is 6.31. The molecule has 2 rings (SSSR count). The van der Waals surface area contributed by atoms with Gasteiger partial charge in [0.15, 0.2) is 0 Å². The largest absolute Gasteiger partial charge is 0.493 e. The van der Waals surface area contributed by atoms with Gasteiger partial charge in [-0.25, -0.2) is 0 Å². The second kappa shape index (κ2) is 5.55. The number of hydrogen-bond donors (Lipinski definition) is 1. The van der Waals surface area contributed by atoms with E-state index in [0.717, 1.165) is 36.0 Å². The fraction of sp³-hybridized carbons (Fsp3) is 0.538. The van der Waals surface area contributed by atoms with Gasteiger partial charge in [-0.1, -0.05) is 11.6 Å². The zero-order chi connectivity index (χ0) is 11.4. The number of hydrogen-bond acceptors (Lipinski definition) is 2. The molecule has 0 radical (unpaired) electrons. The molecule has 3 heteroatoms. The number of benzene rings is 1. The predicted octanol–water partition coefficient (Wildman–Crippen LogP) is 3.03. The van der Waals surface area contributed by atoms with E-state index >= 15 is 0 Å². The van der Waals surface area contributed by atoms with Gasteiger partial charge in [0.1, 0.15) is 5.75 Å². The van der Waals surface area contributed by atoms with Crippen LogP contribution < -0.4 is 10.1 Å². The van der Waals surface area contributed by atoms with Crippen LogP contribution in [0.2, 0.25) is 5.02 Å². The van der Waals surface area contributed by atoms with E-state index in [4.69, 9.17) is 16.3 Å². The number of piperidine rings is 1. The molecule has 1 heterocycles. The summed E-state index contributed by atoms with van der Waals surface area (Å²) in [6, 6.07) is 5.83. The van der Waals surface area contributed by atoms with Gasteiger partial charge in [0.2, 0.25) is 0 Å². The van der Waals surface area contributed by atoms with Crippen molar-refractivity contribution in [2.75, 3.05) is 19.7 Å². The third-order valence-electron chi connectivity index (χ3n) is 3.01. The maximum Gasteiger partial charge on any atom is 0.119 e. The first-order valence-corrected chi connectivity index (χ1v) is 6.23. The van der Waals surface area contributed by atoms with Crippen LogP contribution in [-0.4, -0.2) is 19.7 Å². The molecule has 16 heavy (non-hydrogen) atoms. The molecule has 1 aliphatic heterocycles. The van der Waals surface area contributed by atoms with Crippen LogP contribution >= 0.6 is 11.6 Å². The Hall–Kier alpha value is -0.730. The molecule has 0 bridgehead atoms. The van der Waals surface area contributed by atoms with E-state index in [1.165, 1.54) is 12.8 Å². The minimum Gasteiger partial charge on any atom is -0.493 e. The summed E-state index contributed by atoms with van der Waals surface area (Å²) < 4.78 is 5.78. The van der Waals surface area contributed by atoms with Gasteiger partial charge in [-0.15, -0.1) is 0 Å². The third kappa shape index (κ3) is 3.13. The molecule has 1 atom stereocenters. The third-order valence-corrected chi connectivity index (χ3v) is 3.44. The maximum atomic E-state index is 5.96. The van der Waals surface area contributed by atoms with E-state index in [1.807, 2.05) is 25.1 Å². The predicted molar refractivity (Wildman–Crippen MR) is 67.3 cm³/mol. The molecule has 1 N–H and O–H groups in total. The topological polar surface area (TPSA) is 21.3 Å². The number of aryl methyl sites for hydroxylation is 1. The molecule has 1 aliphatic rings. The molecule has 0 spiro atoms. The molecule has 88 valence electrons. The van der Waals surface area contributed by atoms with Gasteiger partial charge in [-0.2, -0.15) is 0 Å². The number of ether oxygens (including phenoxy) is 1. The SMILES string of the molecule is Cc1cc(OCC2CCCNC2)ccc1Cl. The molecule has 1 fully saturated rings. The Morgan fingerprint density at radius 1 is 1.50 bits per heavy atom. The molecule has 0 aromatic heterocycles. The van der Waals surface area contributed by atoms with E-state index in [1.54, 1.807) is 0 Å². The summed E-state index contributed by atoms with van der Waals surface area (Å²) in [6.45, 7) is 5.02. The van der Waals surface area contributed by atoms with Crippen LogP contribution in [0.4, 0.5) is 0 Å². The fourth-order valence-corrected chi connectivity index (χ4v) is 2.10. The van der Waals surface area contributed by atoms with E-state index in [2.05, 4.69) is 5.32 Å². The number of rotatable bonds is 3. The van der Waals surface area contributed by atoms with Gasteiger partial charge in [0.25, 0.3) is 0 Å². The van der Waals surface area contributed by atoms with Gasteiger partial charge in [0.05, 0.1) is 6.61 Å². The lowest BCUT2D eigenvalue weighted by Crippen LogP contribution is -2.33. The monoisotopic (exact) mass is 239 g/mol. The van der Waals surface area contributed by atoms with Gasteiger partial charge >= 0.3 is 0 Å². The smallest absolute Gasteiger partial charge is 0.119 e. The van der Waals surface area contributed by atoms with Crippen molar-refractivity contribution in [3.63, 3.8) is 0 Å². The minimum atomic E-state index is 0.643. The maximum absolute atomic E-state index is 5.96. The van der Waals surface area contributed by atoms with Crippen LogP contribution in [0, 0.1) is 12.8 Å². The Balaban J connectivity index is 1.86. The van der Waals surface area contributed by atoms with Crippen LogP contribution in [0.15, 0.2) is 18.2 Å². The molecule has 1 aromatic carbocycles. The molecule has 0 amide bonds. The molecule has 1 unspecified atom stereocenters. The molecule has 1 saturated heterocycles. The normalized spacial score (nSPS) is 20.8. The van der Waals surface area contributed by atoms with E-state index in [9.17, 15) is 0 Å². The Labute approximate surface area is 102 Å². The molecule has 2 nitrogen and oxygen atoms in total. The fourth-order valence-electron chi connectivity index (χ4n) is 1.99. The molecule has 0 aliphatic carbocycles. The Morgan fingerprint density at radius 2 is 2.38 bits per heavy atom. The second-order valence-corrected chi connectivity index (χ2v) is 4.84. The lowest BCUT2D eigenvalue weighted by atomic mass is 10.0. The van der Waals surface area contributed by atoms with Crippen molar-refractivity contribution in [3.05, 3.63) is 28.8 Å². The van der Waals surface area contributed by atoms with Gasteiger partial charge in [-0.3, -0.25) is 0 Å². The Kier molecular flexibility index (Phi) is 4.08. The van der Waals surface area contributed by atoms with Crippen molar-refractivity contribution in [1.82, 2.24) is 5.32 Å². The van der Waals surface area contributed by atoms with E-state index in [0.29, 0.717) is 5.92 Å². The summed E-state index contributed by atoms with van der Waals surface area (Å²) in [5.74, 6) is 1.57. The Morgan fingerprint density at radius 3 is 3.06 bits per heavy atom. The summed E-state index contributed by atoms with van der Waals surface area (Å²) in [7, 11) is 0. The summed E-state index contributed by atoms with van der Waals surface area (Å²) in [5.41, 5.74) is 1.07. The van der Waals surface area contributed by atoms with Crippen molar-refractivity contribution in [3.8, 4) is 5.75 Å². The lowest BCUT2D eigenvalue weighted by Gasteiger charge is -2.22. The van der Waals surface area contributed by atoms with E-state index < -0.39 is 0 Å². The minimum absolute atomic E-state index is 0.643. The highest BCUT2D eigenvalue weighted by atomic mass is 35.5. The zero-order valence-corrected chi connectivity index (χ0v) is 10.4. The van der Waals surface area contributed by atoms with Crippen molar-refractivity contribution in [2.24, 2.45) is 5.92 Å². The van der Waals surface area contributed by atoms with Crippen LogP contribution in [0.25, 0.3) is 0 Å². The second-order valence-electron chi connectivity index (χ2n) is 4.43. The first-order chi connectivity index (χ1) is 7.75. The lowest BCUT2D eigenvalue weighted by molar-refractivity contribution is 0.218. The van der Waals surface area contributed by atoms with Crippen LogP contribution in [0.5, 0.6) is 5.75 Å². The van der Waals surface area contributed by atoms with Crippen molar-refractivity contribution in [2.45, 2.75) is 19.8 Å². The van der Waals surface area contributed by atoms with Crippen LogP contribution in [-0.2, 0) is 0 Å². The van der Waals surface area contributed by atoms with Crippen LogP contribution in [0.1, 0.15) is 18.4 Å². The highest BCUT2D eigenvalue weighted by Gasteiger charge is 2.13.